The van der Waals surface area contributed by atoms with Crippen molar-refractivity contribution in [3.05, 3.63) is 112 Å². The number of imidazole rings is 1. The maximum Gasteiger partial charge on any atom is 0.350 e. The van der Waals surface area contributed by atoms with Gasteiger partial charge in [-0.15, -0.1) is 5.10 Å². The van der Waals surface area contributed by atoms with Crippen LogP contribution < -0.4 is 11.0 Å². The van der Waals surface area contributed by atoms with E-state index in [-0.39, 0.29) is 18.1 Å². The first-order valence-electron chi connectivity index (χ1n) is 9.90. The molecule has 0 spiro atoms. The Morgan fingerprint density at radius 3 is 2.66 bits per heavy atom. The van der Waals surface area contributed by atoms with E-state index in [0.717, 1.165) is 11.3 Å². The van der Waals surface area contributed by atoms with Crippen LogP contribution in [0.1, 0.15) is 16.1 Å². The molecule has 0 saturated heterocycles. The molecular weight excluding hydrogens is 424 g/mol. The number of rotatable bonds is 5. The molecule has 3 aromatic heterocycles. The Bertz CT molecular complexity index is 1540. The SMILES string of the molecule is O=C(Nc1cccc(Cn2nc3ccccn3c2=O)c1)c1c[nH]c(=S)n1-c1ccccc1. The lowest BCUT2D eigenvalue weighted by atomic mass is 10.2. The highest BCUT2D eigenvalue weighted by Gasteiger charge is 2.15. The topological polar surface area (TPSA) is 89.1 Å². The highest BCUT2D eigenvalue weighted by Crippen LogP contribution is 2.16. The first-order chi connectivity index (χ1) is 15.6. The van der Waals surface area contributed by atoms with Crippen molar-refractivity contribution >= 4 is 29.5 Å². The van der Waals surface area contributed by atoms with E-state index in [1.165, 1.54) is 9.08 Å². The zero-order valence-electron chi connectivity index (χ0n) is 16.8. The van der Waals surface area contributed by atoms with Crippen molar-refractivity contribution in [1.82, 2.24) is 23.7 Å². The molecular formula is C23H18N6O2S. The summed E-state index contributed by atoms with van der Waals surface area (Å²) in [7, 11) is 0. The molecule has 0 aliphatic rings. The minimum absolute atomic E-state index is 0.218. The van der Waals surface area contributed by atoms with Crippen LogP contribution in [0, 0.1) is 4.77 Å². The number of aromatic amines is 1. The van der Waals surface area contributed by atoms with E-state index >= 15 is 0 Å². The molecule has 158 valence electrons. The quantitative estimate of drug-likeness (QED) is 0.407. The maximum absolute atomic E-state index is 13.0. The molecule has 0 bridgehead atoms. The summed E-state index contributed by atoms with van der Waals surface area (Å²) in [4.78, 5) is 28.5. The first-order valence-corrected chi connectivity index (χ1v) is 10.3. The van der Waals surface area contributed by atoms with Gasteiger partial charge in [0, 0.05) is 23.8 Å². The number of aromatic nitrogens is 5. The van der Waals surface area contributed by atoms with Gasteiger partial charge >= 0.3 is 5.69 Å². The van der Waals surface area contributed by atoms with E-state index in [1.54, 1.807) is 35.2 Å². The number of hydrogen-bond donors (Lipinski definition) is 2. The molecule has 8 nitrogen and oxygen atoms in total. The summed E-state index contributed by atoms with van der Waals surface area (Å²) in [5, 5.41) is 7.26. The molecule has 3 heterocycles. The summed E-state index contributed by atoms with van der Waals surface area (Å²) in [5.41, 5.74) is 2.99. The van der Waals surface area contributed by atoms with E-state index in [9.17, 15) is 9.59 Å². The molecule has 0 atom stereocenters. The summed E-state index contributed by atoms with van der Waals surface area (Å²) in [5.74, 6) is -0.303. The summed E-state index contributed by atoms with van der Waals surface area (Å²) in [6, 6.07) is 22.2. The highest BCUT2D eigenvalue weighted by molar-refractivity contribution is 7.71. The second kappa shape index (κ2) is 8.12. The Hall–Kier alpha value is -4.24. The van der Waals surface area contributed by atoms with Gasteiger partial charge in [-0.2, -0.15) is 0 Å². The number of nitrogens with one attached hydrogen (secondary N) is 2. The Balaban J connectivity index is 1.40. The molecule has 0 fully saturated rings. The fourth-order valence-electron chi connectivity index (χ4n) is 3.56. The predicted molar refractivity (Wildman–Crippen MR) is 124 cm³/mol. The van der Waals surface area contributed by atoms with Gasteiger partial charge in [0.2, 0.25) is 0 Å². The number of carbonyl (C=O) groups is 1. The number of H-pyrrole nitrogens is 1. The standard InChI is InChI=1S/C23H18N6O2S/c30-21(19-14-24-22(32)29(19)18-9-2-1-3-10-18)25-17-8-6-7-16(13-17)15-28-23(31)27-12-5-4-11-20(27)26-28/h1-14H,15H2,(H,24,32)(H,25,30). The summed E-state index contributed by atoms with van der Waals surface area (Å²) in [6.07, 6.45) is 3.27. The van der Waals surface area contributed by atoms with Crippen LogP contribution in [-0.2, 0) is 6.54 Å². The number of carbonyl (C=O) groups excluding carboxylic acids is 1. The van der Waals surface area contributed by atoms with E-state index in [4.69, 9.17) is 12.2 Å². The lowest BCUT2D eigenvalue weighted by molar-refractivity contribution is 0.102. The fraction of sp³-hybridized carbons (Fsp3) is 0.0435. The zero-order chi connectivity index (χ0) is 22.1. The molecule has 5 aromatic rings. The number of nitrogens with zero attached hydrogens (tertiary/aromatic N) is 4. The molecule has 0 saturated carbocycles. The third-order valence-corrected chi connectivity index (χ3v) is 5.33. The Labute approximate surface area is 187 Å². The normalized spacial score (nSPS) is 11.0. The van der Waals surface area contributed by atoms with E-state index < -0.39 is 0 Å². The van der Waals surface area contributed by atoms with Crippen LogP contribution in [0.15, 0.2) is 90.0 Å². The van der Waals surface area contributed by atoms with Crippen LogP contribution in [0.5, 0.6) is 0 Å². The van der Waals surface area contributed by atoms with Crippen LogP contribution in [0.25, 0.3) is 11.3 Å². The molecule has 1 amide bonds. The van der Waals surface area contributed by atoms with Crippen LogP contribution in [0.3, 0.4) is 0 Å². The second-order valence-electron chi connectivity index (χ2n) is 7.17. The van der Waals surface area contributed by atoms with Crippen molar-refractivity contribution in [1.29, 1.82) is 0 Å². The number of para-hydroxylation sites is 1. The molecule has 0 aliphatic carbocycles. The van der Waals surface area contributed by atoms with Gasteiger partial charge in [0.15, 0.2) is 10.4 Å². The molecule has 0 radical (unpaired) electrons. The van der Waals surface area contributed by atoms with Crippen LogP contribution in [0.2, 0.25) is 0 Å². The lowest BCUT2D eigenvalue weighted by Crippen LogP contribution is -2.21. The summed E-state index contributed by atoms with van der Waals surface area (Å²) in [6.45, 7) is 0.286. The van der Waals surface area contributed by atoms with Gasteiger partial charge in [0.25, 0.3) is 5.91 Å². The number of pyridine rings is 1. The summed E-state index contributed by atoms with van der Waals surface area (Å²) < 4.78 is 5.01. The highest BCUT2D eigenvalue weighted by atomic mass is 32.1. The Morgan fingerprint density at radius 1 is 1.03 bits per heavy atom. The lowest BCUT2D eigenvalue weighted by Gasteiger charge is -2.10. The van der Waals surface area contributed by atoms with Gasteiger partial charge in [-0.05, 0) is 54.2 Å². The zero-order valence-corrected chi connectivity index (χ0v) is 17.6. The minimum atomic E-state index is -0.303. The van der Waals surface area contributed by atoms with Gasteiger partial charge in [-0.3, -0.25) is 13.8 Å². The summed E-state index contributed by atoms with van der Waals surface area (Å²) >= 11 is 5.36. The predicted octanol–water partition coefficient (Wildman–Crippen LogP) is 3.64. The van der Waals surface area contributed by atoms with Crippen LogP contribution in [-0.4, -0.2) is 29.6 Å². The van der Waals surface area contributed by atoms with E-state index in [1.807, 2.05) is 54.6 Å². The number of anilines is 1. The number of hydrogen-bond acceptors (Lipinski definition) is 4. The van der Waals surface area contributed by atoms with Crippen molar-refractivity contribution in [2.75, 3.05) is 5.32 Å². The van der Waals surface area contributed by atoms with Crippen molar-refractivity contribution < 1.29 is 4.79 Å². The van der Waals surface area contributed by atoms with Gasteiger partial charge < -0.3 is 10.3 Å². The van der Waals surface area contributed by atoms with Crippen molar-refractivity contribution in [3.8, 4) is 5.69 Å². The largest absolute Gasteiger partial charge is 0.350 e. The molecule has 2 N–H and O–H groups in total. The number of amides is 1. The van der Waals surface area contributed by atoms with Gasteiger partial charge in [0.05, 0.1) is 6.54 Å². The molecule has 5 rings (SSSR count). The first kappa shape index (κ1) is 19.7. The second-order valence-corrected chi connectivity index (χ2v) is 7.56. The average molecular weight is 443 g/mol. The van der Waals surface area contributed by atoms with Crippen molar-refractivity contribution in [2.45, 2.75) is 6.54 Å². The van der Waals surface area contributed by atoms with Crippen molar-refractivity contribution in [2.24, 2.45) is 0 Å². The number of fused-ring (bicyclic) bond motifs is 1. The molecule has 0 unspecified atom stereocenters. The maximum atomic E-state index is 13.0. The van der Waals surface area contributed by atoms with Gasteiger partial charge in [-0.1, -0.05) is 36.4 Å². The molecule has 2 aromatic carbocycles. The number of benzene rings is 2. The van der Waals surface area contributed by atoms with Crippen LogP contribution >= 0.6 is 12.2 Å². The third kappa shape index (κ3) is 3.65. The molecule has 32 heavy (non-hydrogen) atoms. The third-order valence-electron chi connectivity index (χ3n) is 5.03. The smallest absolute Gasteiger partial charge is 0.336 e. The van der Waals surface area contributed by atoms with Crippen molar-refractivity contribution in [3.63, 3.8) is 0 Å². The van der Waals surface area contributed by atoms with Gasteiger partial charge in [-0.25, -0.2) is 9.48 Å². The monoisotopic (exact) mass is 442 g/mol. The van der Waals surface area contributed by atoms with E-state index in [0.29, 0.717) is 21.8 Å². The molecule has 9 heteroatoms. The Morgan fingerprint density at radius 2 is 1.84 bits per heavy atom. The van der Waals surface area contributed by atoms with E-state index in [2.05, 4.69) is 15.4 Å². The Kier molecular flexibility index (Phi) is 5.00. The van der Waals surface area contributed by atoms with Gasteiger partial charge in [0.1, 0.15) is 5.69 Å². The minimum Gasteiger partial charge on any atom is -0.336 e. The molecule has 0 aliphatic heterocycles. The fourth-order valence-corrected chi connectivity index (χ4v) is 3.82. The average Bonchev–Trinajstić information content (AvgIpc) is 3.35. The van der Waals surface area contributed by atoms with Crippen LogP contribution in [0.4, 0.5) is 5.69 Å².